The SMILES string of the molecule is Cc1ccc(NC(=O)C2(c3ccc4c(c3)OC(F)(F)O4)CC2)nc1-c1cccc(=O)[nH]1. The highest BCUT2D eigenvalue weighted by Crippen LogP contribution is 2.52. The number of carbonyl (C=O) groups is 1. The second kappa shape index (κ2) is 6.63. The summed E-state index contributed by atoms with van der Waals surface area (Å²) in [7, 11) is 0. The van der Waals surface area contributed by atoms with Gasteiger partial charge in [-0.2, -0.15) is 0 Å². The van der Waals surface area contributed by atoms with Crippen molar-refractivity contribution in [1.82, 2.24) is 9.97 Å². The Balaban J connectivity index is 1.41. The molecular weight excluding hydrogens is 408 g/mol. The summed E-state index contributed by atoms with van der Waals surface area (Å²) < 4.78 is 35.6. The number of H-pyrrole nitrogens is 1. The first-order valence-electron chi connectivity index (χ1n) is 9.65. The van der Waals surface area contributed by atoms with Crippen LogP contribution in [0.3, 0.4) is 0 Å². The van der Waals surface area contributed by atoms with Gasteiger partial charge < -0.3 is 19.8 Å². The number of hydrogen-bond donors (Lipinski definition) is 2. The van der Waals surface area contributed by atoms with E-state index in [4.69, 9.17) is 0 Å². The molecule has 0 atom stereocenters. The summed E-state index contributed by atoms with van der Waals surface area (Å²) >= 11 is 0. The van der Waals surface area contributed by atoms with Crippen LogP contribution < -0.4 is 20.3 Å². The number of anilines is 1. The van der Waals surface area contributed by atoms with Gasteiger partial charge in [-0.15, -0.1) is 8.78 Å². The molecule has 1 aliphatic carbocycles. The fraction of sp³-hybridized carbons (Fsp3) is 0.227. The summed E-state index contributed by atoms with van der Waals surface area (Å²) in [5.74, 6) is -0.118. The van der Waals surface area contributed by atoms with Crippen molar-refractivity contribution < 1.29 is 23.0 Å². The monoisotopic (exact) mass is 425 g/mol. The van der Waals surface area contributed by atoms with E-state index >= 15 is 0 Å². The Hall–Kier alpha value is -3.75. The maximum atomic E-state index is 13.3. The highest BCUT2D eigenvalue weighted by atomic mass is 19.3. The maximum absolute atomic E-state index is 13.3. The Labute approximate surface area is 175 Å². The highest BCUT2D eigenvalue weighted by Gasteiger charge is 2.53. The van der Waals surface area contributed by atoms with E-state index in [0.29, 0.717) is 35.6 Å². The standard InChI is InChI=1S/C22H17F2N3O4/c1-12-5-8-17(26-19(12)14-3-2-4-18(28)25-14)27-20(29)21(9-10-21)13-6-7-15-16(11-13)31-22(23,24)30-15/h2-8,11H,9-10H2,1H3,(H,25,28)(H,26,27,29). The molecule has 2 aromatic heterocycles. The molecule has 158 valence electrons. The molecule has 0 saturated heterocycles. The predicted molar refractivity (Wildman–Crippen MR) is 107 cm³/mol. The summed E-state index contributed by atoms with van der Waals surface area (Å²) in [4.78, 5) is 31.9. The Morgan fingerprint density at radius 2 is 1.87 bits per heavy atom. The van der Waals surface area contributed by atoms with E-state index in [2.05, 4.69) is 24.8 Å². The maximum Gasteiger partial charge on any atom is 0.586 e. The van der Waals surface area contributed by atoms with E-state index in [9.17, 15) is 18.4 Å². The number of hydrogen-bond acceptors (Lipinski definition) is 5. The number of fused-ring (bicyclic) bond motifs is 1. The number of nitrogens with one attached hydrogen (secondary N) is 2. The van der Waals surface area contributed by atoms with Gasteiger partial charge in [0.1, 0.15) is 5.82 Å². The van der Waals surface area contributed by atoms with E-state index in [0.717, 1.165) is 5.56 Å². The van der Waals surface area contributed by atoms with E-state index in [1.807, 2.05) is 6.92 Å². The predicted octanol–water partition coefficient (Wildman–Crippen LogP) is 3.74. The van der Waals surface area contributed by atoms with Crippen molar-refractivity contribution in [3.63, 3.8) is 0 Å². The third-order valence-electron chi connectivity index (χ3n) is 5.50. The number of carbonyl (C=O) groups excluding carboxylic acids is 1. The second-order valence-electron chi connectivity index (χ2n) is 7.66. The molecule has 5 rings (SSSR count). The molecule has 3 aromatic rings. The zero-order chi connectivity index (χ0) is 21.8. The second-order valence-corrected chi connectivity index (χ2v) is 7.66. The minimum absolute atomic E-state index is 0.0633. The Morgan fingerprint density at radius 1 is 1.10 bits per heavy atom. The number of halogens is 2. The van der Waals surface area contributed by atoms with Crippen molar-refractivity contribution >= 4 is 11.7 Å². The summed E-state index contributed by atoms with van der Waals surface area (Å²) in [6, 6.07) is 12.6. The van der Waals surface area contributed by atoms with Gasteiger partial charge in [-0.25, -0.2) is 4.98 Å². The van der Waals surface area contributed by atoms with Gasteiger partial charge in [0.2, 0.25) is 11.5 Å². The molecular formula is C22H17F2N3O4. The lowest BCUT2D eigenvalue weighted by molar-refractivity contribution is -0.286. The summed E-state index contributed by atoms with van der Waals surface area (Å²) in [6.45, 7) is 1.85. The van der Waals surface area contributed by atoms with Gasteiger partial charge in [-0.1, -0.05) is 18.2 Å². The smallest absolute Gasteiger partial charge is 0.395 e. The van der Waals surface area contributed by atoms with Crippen LogP contribution in [-0.4, -0.2) is 22.2 Å². The van der Waals surface area contributed by atoms with Gasteiger partial charge in [0.25, 0.3) is 0 Å². The zero-order valence-corrected chi connectivity index (χ0v) is 16.4. The lowest BCUT2D eigenvalue weighted by Gasteiger charge is -2.16. The number of amides is 1. The van der Waals surface area contributed by atoms with Gasteiger partial charge in [-0.3, -0.25) is 9.59 Å². The Morgan fingerprint density at radius 3 is 2.61 bits per heavy atom. The molecule has 1 aromatic carbocycles. The normalized spacial score (nSPS) is 17.3. The number of rotatable bonds is 4. The average molecular weight is 425 g/mol. The third-order valence-corrected chi connectivity index (χ3v) is 5.50. The molecule has 0 spiro atoms. The van der Waals surface area contributed by atoms with Crippen LogP contribution in [0.5, 0.6) is 11.5 Å². The number of aromatic nitrogens is 2. The highest BCUT2D eigenvalue weighted by molar-refractivity contribution is 6.01. The van der Waals surface area contributed by atoms with Crippen LogP contribution in [0.15, 0.2) is 53.3 Å². The Bertz CT molecular complexity index is 1270. The van der Waals surface area contributed by atoms with Crippen LogP contribution in [-0.2, 0) is 10.2 Å². The third kappa shape index (κ3) is 3.41. The molecule has 31 heavy (non-hydrogen) atoms. The fourth-order valence-corrected chi connectivity index (χ4v) is 3.71. The van der Waals surface area contributed by atoms with Crippen molar-refractivity contribution in [2.75, 3.05) is 5.32 Å². The van der Waals surface area contributed by atoms with Crippen molar-refractivity contribution in [1.29, 1.82) is 0 Å². The summed E-state index contributed by atoms with van der Waals surface area (Å²) in [5.41, 5.74) is 1.40. The van der Waals surface area contributed by atoms with Crippen LogP contribution in [0.2, 0.25) is 0 Å². The summed E-state index contributed by atoms with van der Waals surface area (Å²) in [5, 5.41) is 2.82. The van der Waals surface area contributed by atoms with Crippen LogP contribution in [0.25, 0.3) is 11.4 Å². The molecule has 0 unspecified atom stereocenters. The van der Waals surface area contributed by atoms with Crippen LogP contribution >= 0.6 is 0 Å². The molecule has 2 aliphatic rings. The Kier molecular flexibility index (Phi) is 4.11. The first kappa shape index (κ1) is 19.2. The van der Waals surface area contributed by atoms with Gasteiger partial charge in [-0.05, 0) is 55.2 Å². The van der Waals surface area contributed by atoms with Gasteiger partial charge >= 0.3 is 6.29 Å². The number of benzene rings is 1. The van der Waals surface area contributed by atoms with E-state index < -0.39 is 11.7 Å². The van der Waals surface area contributed by atoms with Crippen molar-refractivity contribution in [3.05, 3.63) is 70.0 Å². The largest absolute Gasteiger partial charge is 0.586 e. The lowest BCUT2D eigenvalue weighted by atomic mass is 9.94. The zero-order valence-electron chi connectivity index (χ0n) is 16.4. The number of aromatic amines is 1. The number of nitrogens with zero attached hydrogens (tertiary/aromatic N) is 1. The number of aryl methyl sites for hydroxylation is 1. The molecule has 7 nitrogen and oxygen atoms in total. The van der Waals surface area contributed by atoms with E-state index in [1.54, 1.807) is 30.3 Å². The average Bonchev–Trinajstić information content (AvgIpc) is 3.46. The minimum Gasteiger partial charge on any atom is -0.395 e. The molecule has 9 heteroatoms. The first-order chi connectivity index (χ1) is 14.8. The van der Waals surface area contributed by atoms with Crippen LogP contribution in [0.4, 0.5) is 14.6 Å². The van der Waals surface area contributed by atoms with E-state index in [1.165, 1.54) is 18.2 Å². The van der Waals surface area contributed by atoms with Crippen molar-refractivity contribution in [3.8, 4) is 22.9 Å². The molecule has 1 saturated carbocycles. The van der Waals surface area contributed by atoms with Crippen molar-refractivity contribution in [2.45, 2.75) is 31.5 Å². The van der Waals surface area contributed by atoms with E-state index in [-0.39, 0.29) is 23.0 Å². The van der Waals surface area contributed by atoms with Gasteiger partial charge in [0, 0.05) is 6.07 Å². The van der Waals surface area contributed by atoms with Crippen LogP contribution in [0, 0.1) is 6.92 Å². The molecule has 0 bridgehead atoms. The lowest BCUT2D eigenvalue weighted by Crippen LogP contribution is -2.28. The topological polar surface area (TPSA) is 93.3 Å². The fourth-order valence-electron chi connectivity index (χ4n) is 3.71. The quantitative estimate of drug-likeness (QED) is 0.664. The summed E-state index contributed by atoms with van der Waals surface area (Å²) in [6.07, 6.45) is -2.57. The number of ether oxygens (including phenoxy) is 2. The van der Waals surface area contributed by atoms with Gasteiger partial charge in [0.15, 0.2) is 11.5 Å². The molecule has 2 N–H and O–H groups in total. The number of pyridine rings is 2. The molecule has 3 heterocycles. The number of alkyl halides is 2. The molecule has 1 aliphatic heterocycles. The minimum atomic E-state index is -3.71. The van der Waals surface area contributed by atoms with Crippen LogP contribution in [0.1, 0.15) is 24.0 Å². The first-order valence-corrected chi connectivity index (χ1v) is 9.65. The van der Waals surface area contributed by atoms with Gasteiger partial charge in [0.05, 0.1) is 16.8 Å². The molecule has 0 radical (unpaired) electrons. The molecule has 1 fully saturated rings. The molecule has 1 amide bonds. The van der Waals surface area contributed by atoms with Crippen molar-refractivity contribution in [2.24, 2.45) is 0 Å².